The first kappa shape index (κ1) is 15.3. The van der Waals surface area contributed by atoms with E-state index < -0.39 is 0 Å². The van der Waals surface area contributed by atoms with Crippen molar-refractivity contribution in [2.75, 3.05) is 11.1 Å². The van der Waals surface area contributed by atoms with Gasteiger partial charge in [-0.1, -0.05) is 59.6 Å². The molecule has 2 atom stereocenters. The Morgan fingerprint density at radius 2 is 1.83 bits per heavy atom. The van der Waals surface area contributed by atoms with Crippen LogP contribution in [0.5, 0.6) is 0 Å². The maximum absolute atomic E-state index is 6.18. The zero-order valence-corrected chi connectivity index (χ0v) is 14.2. The third-order valence-electron chi connectivity index (χ3n) is 4.24. The van der Waals surface area contributed by atoms with Gasteiger partial charge in [0.2, 0.25) is 11.9 Å². The molecule has 0 bridgehead atoms. The minimum atomic E-state index is 0.0427. The van der Waals surface area contributed by atoms with Crippen LogP contribution in [0.2, 0.25) is 10.0 Å². The van der Waals surface area contributed by atoms with Crippen LogP contribution < -0.4 is 11.1 Å². The average Bonchev–Trinajstić information content (AvgIpc) is 2.97. The number of anilines is 2. The highest BCUT2D eigenvalue weighted by Gasteiger charge is 2.30. The number of nitrogens with zero attached hydrogens (tertiary/aromatic N) is 3. The van der Waals surface area contributed by atoms with Gasteiger partial charge in [-0.15, -0.1) is 5.10 Å². The van der Waals surface area contributed by atoms with Gasteiger partial charge in [0.1, 0.15) is 0 Å². The van der Waals surface area contributed by atoms with E-state index in [4.69, 9.17) is 28.9 Å². The summed E-state index contributed by atoms with van der Waals surface area (Å²) in [4.78, 5) is 4.30. The van der Waals surface area contributed by atoms with Crippen LogP contribution in [-0.4, -0.2) is 14.8 Å². The molecule has 1 aliphatic heterocycles. The molecule has 4 rings (SSSR count). The predicted molar refractivity (Wildman–Crippen MR) is 96.5 cm³/mol. The van der Waals surface area contributed by atoms with E-state index in [-0.39, 0.29) is 18.0 Å². The van der Waals surface area contributed by atoms with Crippen molar-refractivity contribution in [3.05, 3.63) is 69.7 Å². The quantitative estimate of drug-likeness (QED) is 0.714. The highest BCUT2D eigenvalue weighted by Crippen LogP contribution is 2.39. The highest BCUT2D eigenvalue weighted by atomic mass is 35.5. The van der Waals surface area contributed by atoms with Gasteiger partial charge in [-0.3, -0.25) is 0 Å². The maximum Gasteiger partial charge on any atom is 0.241 e. The molecule has 0 fully saturated rings. The van der Waals surface area contributed by atoms with Gasteiger partial charge in [0, 0.05) is 0 Å². The molecule has 0 spiro atoms. The number of nitrogen functional groups attached to an aromatic ring is 1. The van der Waals surface area contributed by atoms with Crippen LogP contribution in [0, 0.1) is 0 Å². The normalized spacial score (nSPS) is 19.6. The fourth-order valence-electron chi connectivity index (χ4n) is 3.09. The van der Waals surface area contributed by atoms with E-state index in [0.29, 0.717) is 16.0 Å². The fourth-order valence-corrected chi connectivity index (χ4v) is 3.40. The van der Waals surface area contributed by atoms with E-state index in [1.54, 1.807) is 0 Å². The first-order valence-corrected chi connectivity index (χ1v) is 8.36. The largest absolute Gasteiger partial charge is 0.366 e. The monoisotopic (exact) mass is 359 g/mol. The number of rotatable bonds is 2. The first-order valence-electron chi connectivity index (χ1n) is 7.60. The van der Waals surface area contributed by atoms with Gasteiger partial charge in [0.25, 0.3) is 0 Å². The number of nitrogens with one attached hydrogen (secondary N) is 1. The molecule has 0 amide bonds. The van der Waals surface area contributed by atoms with Crippen LogP contribution in [0.3, 0.4) is 0 Å². The molecule has 1 aromatic heterocycles. The molecule has 0 saturated heterocycles. The summed E-state index contributed by atoms with van der Waals surface area (Å²) in [7, 11) is 0. The van der Waals surface area contributed by atoms with Gasteiger partial charge in [0.05, 0.1) is 22.1 Å². The summed E-state index contributed by atoms with van der Waals surface area (Å²) in [5, 5.41) is 8.82. The summed E-state index contributed by atoms with van der Waals surface area (Å²) in [5.74, 6) is 0.914. The van der Waals surface area contributed by atoms with Crippen LogP contribution in [-0.2, 0) is 0 Å². The Morgan fingerprint density at radius 1 is 1.04 bits per heavy atom. The molecule has 7 heteroatoms. The Morgan fingerprint density at radius 3 is 2.58 bits per heavy atom. The van der Waals surface area contributed by atoms with E-state index in [0.717, 1.165) is 17.5 Å². The van der Waals surface area contributed by atoms with Crippen LogP contribution in [0.25, 0.3) is 0 Å². The summed E-state index contributed by atoms with van der Waals surface area (Å²) in [6, 6.07) is 16.0. The molecule has 1 aliphatic rings. The number of halogens is 2. The minimum Gasteiger partial charge on any atom is -0.366 e. The van der Waals surface area contributed by atoms with E-state index in [2.05, 4.69) is 27.5 Å². The number of fused-ring (bicyclic) bond motifs is 1. The van der Waals surface area contributed by atoms with Crippen LogP contribution in [0.4, 0.5) is 11.9 Å². The van der Waals surface area contributed by atoms with E-state index in [1.165, 1.54) is 0 Å². The summed E-state index contributed by atoms with van der Waals surface area (Å²) in [6.45, 7) is 0. The summed E-state index contributed by atoms with van der Waals surface area (Å²) >= 11 is 12.2. The van der Waals surface area contributed by atoms with Crippen molar-refractivity contribution in [1.82, 2.24) is 14.8 Å². The zero-order valence-electron chi connectivity index (χ0n) is 12.7. The zero-order chi connectivity index (χ0) is 16.7. The van der Waals surface area contributed by atoms with Crippen molar-refractivity contribution in [1.29, 1.82) is 0 Å². The lowest BCUT2D eigenvalue weighted by Crippen LogP contribution is -2.28. The lowest BCUT2D eigenvalue weighted by atomic mass is 9.93. The topological polar surface area (TPSA) is 68.8 Å². The number of hydrogen-bond donors (Lipinski definition) is 2. The number of nitrogens with two attached hydrogens (primary N) is 1. The average molecular weight is 360 g/mol. The molecule has 122 valence electrons. The second-order valence-corrected chi connectivity index (χ2v) is 6.59. The van der Waals surface area contributed by atoms with Crippen molar-refractivity contribution in [3.8, 4) is 0 Å². The third kappa shape index (κ3) is 2.70. The summed E-state index contributed by atoms with van der Waals surface area (Å²) in [6.07, 6.45) is 0.803. The predicted octanol–water partition coefficient (Wildman–Crippen LogP) is 4.31. The molecule has 2 aromatic carbocycles. The maximum atomic E-state index is 6.18. The Hall–Kier alpha value is -2.24. The number of hydrogen-bond acceptors (Lipinski definition) is 4. The van der Waals surface area contributed by atoms with E-state index >= 15 is 0 Å². The Bertz CT molecular complexity index is 878. The summed E-state index contributed by atoms with van der Waals surface area (Å²) in [5.41, 5.74) is 8.02. The molecule has 2 heterocycles. The lowest BCUT2D eigenvalue weighted by molar-refractivity contribution is 0.431. The third-order valence-corrected chi connectivity index (χ3v) is 4.97. The van der Waals surface area contributed by atoms with Crippen molar-refractivity contribution in [2.45, 2.75) is 18.5 Å². The van der Waals surface area contributed by atoms with Crippen LogP contribution >= 0.6 is 23.2 Å². The van der Waals surface area contributed by atoms with Gasteiger partial charge < -0.3 is 11.1 Å². The summed E-state index contributed by atoms with van der Waals surface area (Å²) < 4.78 is 1.85. The van der Waals surface area contributed by atoms with Gasteiger partial charge in [-0.25, -0.2) is 4.68 Å². The first-order chi connectivity index (χ1) is 11.6. The Balaban J connectivity index is 1.76. The molecule has 0 saturated carbocycles. The van der Waals surface area contributed by atoms with Gasteiger partial charge in [-0.05, 0) is 29.7 Å². The molecule has 24 heavy (non-hydrogen) atoms. The van der Waals surface area contributed by atoms with Crippen molar-refractivity contribution >= 4 is 35.1 Å². The van der Waals surface area contributed by atoms with E-state index in [9.17, 15) is 0 Å². The van der Waals surface area contributed by atoms with E-state index in [1.807, 2.05) is 41.1 Å². The van der Waals surface area contributed by atoms with Gasteiger partial charge in [-0.2, -0.15) is 4.98 Å². The number of benzene rings is 2. The Labute approximate surface area is 149 Å². The van der Waals surface area contributed by atoms with Gasteiger partial charge in [0.15, 0.2) is 0 Å². The van der Waals surface area contributed by atoms with Crippen molar-refractivity contribution < 1.29 is 0 Å². The van der Waals surface area contributed by atoms with Crippen molar-refractivity contribution in [3.63, 3.8) is 0 Å². The molecule has 3 aromatic rings. The molecule has 0 radical (unpaired) electrons. The van der Waals surface area contributed by atoms with Crippen molar-refractivity contribution in [2.24, 2.45) is 0 Å². The lowest BCUT2D eigenvalue weighted by Gasteiger charge is -2.31. The molecular weight excluding hydrogens is 345 g/mol. The van der Waals surface area contributed by atoms with Gasteiger partial charge >= 0.3 is 0 Å². The Kier molecular flexibility index (Phi) is 3.82. The minimum absolute atomic E-state index is 0.0427. The molecule has 5 nitrogen and oxygen atoms in total. The molecule has 0 unspecified atom stereocenters. The molecule has 0 aliphatic carbocycles. The molecular formula is C17H15Cl2N5. The fraction of sp³-hybridized carbons (Fsp3) is 0.176. The van der Waals surface area contributed by atoms with Crippen LogP contribution in [0.1, 0.15) is 29.6 Å². The number of aromatic nitrogens is 3. The van der Waals surface area contributed by atoms with Crippen LogP contribution in [0.15, 0.2) is 48.5 Å². The SMILES string of the molecule is Nc1nc2n(n1)[C@H](c1ccccc1)C[C@H](c1ccc(Cl)c(Cl)c1)N2. The highest BCUT2D eigenvalue weighted by molar-refractivity contribution is 6.42. The smallest absolute Gasteiger partial charge is 0.241 e. The standard InChI is InChI=1S/C17H15Cl2N5/c18-12-7-6-11(8-13(12)19)14-9-15(10-4-2-1-3-5-10)24-17(21-14)22-16(20)23-24/h1-8,14-15H,9H2,(H3,20,21,22,23)/t14-,15+/m1/s1. The second-order valence-electron chi connectivity index (χ2n) is 5.77. The second kappa shape index (κ2) is 6.00. The molecule has 3 N–H and O–H groups in total.